The van der Waals surface area contributed by atoms with Crippen molar-refractivity contribution in [3.63, 3.8) is 0 Å². The summed E-state index contributed by atoms with van der Waals surface area (Å²) in [6.45, 7) is 3.47. The van der Waals surface area contributed by atoms with Gasteiger partial charge in [-0.1, -0.05) is 35.9 Å². The maximum atomic E-state index is 12.8. The molecule has 2 aromatic carbocycles. The monoisotopic (exact) mass is 489 g/mol. The fourth-order valence-electron chi connectivity index (χ4n) is 4.59. The zero-order valence-corrected chi connectivity index (χ0v) is 20.5. The summed E-state index contributed by atoms with van der Waals surface area (Å²) >= 11 is 5.88. The molecule has 2 aliphatic rings. The van der Waals surface area contributed by atoms with Crippen LogP contribution >= 0.6 is 11.6 Å². The number of halogens is 1. The molecular formula is C25H32ClN3O3S. The van der Waals surface area contributed by atoms with Crippen LogP contribution in [0.2, 0.25) is 5.02 Å². The normalized spacial score (nSPS) is 18.3. The van der Waals surface area contributed by atoms with E-state index in [4.69, 9.17) is 11.6 Å². The summed E-state index contributed by atoms with van der Waals surface area (Å²) in [7, 11) is -3.41. The molecule has 2 fully saturated rings. The number of rotatable bonds is 7. The van der Waals surface area contributed by atoms with Crippen molar-refractivity contribution in [2.24, 2.45) is 5.92 Å². The second-order valence-electron chi connectivity index (χ2n) is 8.99. The first-order chi connectivity index (χ1) is 15.9. The quantitative estimate of drug-likeness (QED) is 0.633. The summed E-state index contributed by atoms with van der Waals surface area (Å²) in [5, 5.41) is 3.62. The second-order valence-corrected chi connectivity index (χ2v) is 11.4. The number of sulfonamides is 1. The minimum absolute atomic E-state index is 0.00450. The predicted molar refractivity (Wildman–Crippen MR) is 133 cm³/mol. The third-order valence-corrected chi connectivity index (χ3v) is 8.71. The van der Waals surface area contributed by atoms with Crippen LogP contribution in [0.3, 0.4) is 0 Å². The van der Waals surface area contributed by atoms with E-state index >= 15 is 0 Å². The molecule has 0 spiro atoms. The Bertz CT molecular complexity index is 1030. The molecule has 0 unspecified atom stereocenters. The number of hydrogen-bond donors (Lipinski definition) is 1. The number of piperidine rings is 2. The topological polar surface area (TPSA) is 69.7 Å². The lowest BCUT2D eigenvalue weighted by Crippen LogP contribution is -2.43. The van der Waals surface area contributed by atoms with Crippen molar-refractivity contribution in [3.8, 4) is 0 Å². The van der Waals surface area contributed by atoms with Gasteiger partial charge in [-0.05, 0) is 67.5 Å². The van der Waals surface area contributed by atoms with Crippen molar-refractivity contribution in [2.45, 2.75) is 44.4 Å². The molecule has 0 aromatic heterocycles. The Morgan fingerprint density at radius 2 is 1.48 bits per heavy atom. The summed E-state index contributed by atoms with van der Waals surface area (Å²) < 4.78 is 27.0. The lowest BCUT2D eigenvalue weighted by molar-refractivity contribution is -0.126. The molecule has 2 aliphatic heterocycles. The Morgan fingerprint density at radius 1 is 0.879 bits per heavy atom. The average molecular weight is 490 g/mol. The van der Waals surface area contributed by atoms with Crippen molar-refractivity contribution < 1.29 is 13.2 Å². The van der Waals surface area contributed by atoms with Crippen LogP contribution in [0.5, 0.6) is 0 Å². The Labute approximate surface area is 202 Å². The van der Waals surface area contributed by atoms with Crippen LogP contribution in [-0.2, 0) is 27.1 Å². The summed E-state index contributed by atoms with van der Waals surface area (Å²) in [4.78, 5) is 15.1. The van der Waals surface area contributed by atoms with Crippen LogP contribution in [0.4, 0.5) is 5.69 Å². The average Bonchev–Trinajstić information content (AvgIpc) is 2.85. The SMILES string of the molecule is O=C(NCc1ccc(N2CCCCC2)cc1)C1CCN(S(=O)(=O)Cc2ccc(Cl)cc2)CC1. The predicted octanol–water partition coefficient (Wildman–Crippen LogP) is 4.19. The van der Waals surface area contributed by atoms with Gasteiger partial charge in [0, 0.05) is 49.4 Å². The number of amides is 1. The molecule has 0 atom stereocenters. The molecule has 2 heterocycles. The Hall–Kier alpha value is -2.09. The second kappa shape index (κ2) is 10.9. The molecule has 2 aromatic rings. The molecule has 0 saturated carbocycles. The smallest absolute Gasteiger partial charge is 0.223 e. The molecule has 178 valence electrons. The summed E-state index contributed by atoms with van der Waals surface area (Å²) in [5.41, 5.74) is 3.04. The molecular weight excluding hydrogens is 458 g/mol. The van der Waals surface area contributed by atoms with Gasteiger partial charge in [0.1, 0.15) is 0 Å². The molecule has 8 heteroatoms. The van der Waals surface area contributed by atoms with Gasteiger partial charge in [0.05, 0.1) is 5.75 Å². The Kier molecular flexibility index (Phi) is 7.94. The molecule has 4 rings (SSSR count). The van der Waals surface area contributed by atoms with Crippen molar-refractivity contribution in [1.82, 2.24) is 9.62 Å². The lowest BCUT2D eigenvalue weighted by Gasteiger charge is -2.30. The highest BCUT2D eigenvalue weighted by Gasteiger charge is 2.31. The van der Waals surface area contributed by atoms with Gasteiger partial charge in [0.25, 0.3) is 0 Å². The molecule has 0 bridgehead atoms. The fourth-order valence-corrected chi connectivity index (χ4v) is 6.28. The van der Waals surface area contributed by atoms with Crippen LogP contribution in [0.25, 0.3) is 0 Å². The van der Waals surface area contributed by atoms with E-state index < -0.39 is 10.0 Å². The minimum Gasteiger partial charge on any atom is -0.372 e. The first-order valence-corrected chi connectivity index (χ1v) is 13.7. The number of benzene rings is 2. The summed E-state index contributed by atoms with van der Waals surface area (Å²) in [5.74, 6) is -0.196. The first-order valence-electron chi connectivity index (χ1n) is 11.7. The molecule has 2 saturated heterocycles. The molecule has 0 radical (unpaired) electrons. The van der Waals surface area contributed by atoms with Gasteiger partial charge in [-0.3, -0.25) is 4.79 Å². The maximum absolute atomic E-state index is 12.8. The van der Waals surface area contributed by atoms with Crippen LogP contribution in [0.1, 0.15) is 43.2 Å². The Morgan fingerprint density at radius 3 is 2.12 bits per heavy atom. The van der Waals surface area contributed by atoms with Crippen molar-refractivity contribution in [3.05, 3.63) is 64.7 Å². The zero-order chi connectivity index (χ0) is 23.3. The van der Waals surface area contributed by atoms with E-state index in [0.29, 0.717) is 43.1 Å². The van der Waals surface area contributed by atoms with Crippen LogP contribution in [0.15, 0.2) is 48.5 Å². The van der Waals surface area contributed by atoms with Gasteiger partial charge in [-0.25, -0.2) is 12.7 Å². The van der Waals surface area contributed by atoms with Gasteiger partial charge >= 0.3 is 0 Å². The van der Waals surface area contributed by atoms with E-state index in [0.717, 1.165) is 18.7 Å². The molecule has 0 aliphatic carbocycles. The van der Waals surface area contributed by atoms with Crippen LogP contribution in [0, 0.1) is 5.92 Å². The molecule has 1 amide bonds. The highest BCUT2D eigenvalue weighted by molar-refractivity contribution is 7.88. The number of nitrogens with zero attached hydrogens (tertiary/aromatic N) is 2. The lowest BCUT2D eigenvalue weighted by atomic mass is 9.97. The van der Waals surface area contributed by atoms with Gasteiger partial charge in [-0.15, -0.1) is 0 Å². The van der Waals surface area contributed by atoms with E-state index in [-0.39, 0.29) is 17.6 Å². The van der Waals surface area contributed by atoms with Crippen LogP contribution in [-0.4, -0.2) is 44.8 Å². The van der Waals surface area contributed by atoms with E-state index in [1.807, 2.05) is 0 Å². The standard InChI is InChI=1S/C25H32ClN3O3S/c26-23-8-4-21(5-9-23)19-33(31,32)29-16-12-22(13-17-29)25(30)27-18-20-6-10-24(11-7-20)28-14-2-1-3-15-28/h4-11,22H,1-3,12-19H2,(H,27,30). The number of nitrogens with one attached hydrogen (secondary N) is 1. The zero-order valence-electron chi connectivity index (χ0n) is 18.9. The van der Waals surface area contributed by atoms with Gasteiger partial charge < -0.3 is 10.2 Å². The number of anilines is 1. The van der Waals surface area contributed by atoms with Gasteiger partial charge in [-0.2, -0.15) is 0 Å². The first kappa shape index (κ1) is 24.0. The third kappa shape index (κ3) is 6.49. The summed E-state index contributed by atoms with van der Waals surface area (Å²) in [6, 6.07) is 15.3. The maximum Gasteiger partial charge on any atom is 0.223 e. The molecule has 1 N–H and O–H groups in total. The largest absolute Gasteiger partial charge is 0.372 e. The van der Waals surface area contributed by atoms with Crippen molar-refractivity contribution >= 4 is 33.2 Å². The van der Waals surface area contributed by atoms with Crippen molar-refractivity contribution in [1.29, 1.82) is 0 Å². The molecule has 33 heavy (non-hydrogen) atoms. The van der Waals surface area contributed by atoms with E-state index in [1.54, 1.807) is 24.3 Å². The number of carbonyl (C=O) groups is 1. The number of hydrogen-bond acceptors (Lipinski definition) is 4. The van der Waals surface area contributed by atoms with E-state index in [2.05, 4.69) is 34.5 Å². The van der Waals surface area contributed by atoms with Gasteiger partial charge in [0.15, 0.2) is 0 Å². The molecule has 6 nitrogen and oxygen atoms in total. The van der Waals surface area contributed by atoms with Crippen molar-refractivity contribution in [2.75, 3.05) is 31.1 Å². The number of carbonyl (C=O) groups excluding carboxylic acids is 1. The van der Waals surface area contributed by atoms with Gasteiger partial charge in [0.2, 0.25) is 15.9 Å². The highest BCUT2D eigenvalue weighted by Crippen LogP contribution is 2.23. The van der Waals surface area contributed by atoms with E-state index in [1.165, 1.54) is 29.3 Å². The third-order valence-electron chi connectivity index (χ3n) is 6.60. The Balaban J connectivity index is 1.23. The van der Waals surface area contributed by atoms with Crippen LogP contribution < -0.4 is 10.2 Å². The minimum atomic E-state index is -3.41. The van der Waals surface area contributed by atoms with E-state index in [9.17, 15) is 13.2 Å². The highest BCUT2D eigenvalue weighted by atomic mass is 35.5. The summed E-state index contributed by atoms with van der Waals surface area (Å²) in [6.07, 6.45) is 4.89. The fraction of sp³-hybridized carbons (Fsp3) is 0.480.